The first-order valence-corrected chi connectivity index (χ1v) is 9.54. The van der Waals surface area contributed by atoms with Gasteiger partial charge in [-0.3, -0.25) is 4.79 Å². The fourth-order valence-corrected chi connectivity index (χ4v) is 5.46. The average molecular weight is 326 g/mol. The summed E-state index contributed by atoms with van der Waals surface area (Å²) in [4.78, 5) is 20.4. The van der Waals surface area contributed by atoms with Crippen molar-refractivity contribution in [3.8, 4) is 0 Å². The maximum absolute atomic E-state index is 12.9. The molecule has 0 unspecified atom stereocenters. The third-order valence-corrected chi connectivity index (χ3v) is 6.60. The third kappa shape index (κ3) is 3.12. The van der Waals surface area contributed by atoms with Crippen molar-refractivity contribution in [2.75, 3.05) is 25.5 Å². The SMILES string of the molecule is CCCc1nc(C)c(C(=O)N2CCS[C@@H]3COCC[C@@H]32)s1. The standard InChI is InChI=1S/C15H22N2O2S2/c1-3-4-13-16-10(2)14(21-13)15(18)17-6-8-20-12-9-19-7-5-11(12)17/h11-12H,3-9H2,1-2H3/t11-,12+/m0/s1. The number of thiazole rings is 1. The molecule has 0 aromatic carbocycles. The minimum atomic E-state index is 0.185. The number of nitrogens with zero attached hydrogens (tertiary/aromatic N) is 2. The van der Waals surface area contributed by atoms with Crippen LogP contribution >= 0.6 is 23.1 Å². The zero-order chi connectivity index (χ0) is 14.8. The van der Waals surface area contributed by atoms with Crippen molar-refractivity contribution < 1.29 is 9.53 Å². The normalized spacial score (nSPS) is 25.7. The van der Waals surface area contributed by atoms with Crippen LogP contribution in [0.5, 0.6) is 0 Å². The highest BCUT2D eigenvalue weighted by Crippen LogP contribution is 2.32. The molecule has 1 aromatic rings. The van der Waals surface area contributed by atoms with Gasteiger partial charge < -0.3 is 9.64 Å². The van der Waals surface area contributed by atoms with Crippen LogP contribution in [0.2, 0.25) is 0 Å². The quantitative estimate of drug-likeness (QED) is 0.856. The van der Waals surface area contributed by atoms with Gasteiger partial charge in [0, 0.05) is 30.2 Å². The number of aromatic nitrogens is 1. The first kappa shape index (κ1) is 15.3. The van der Waals surface area contributed by atoms with E-state index in [-0.39, 0.29) is 5.91 Å². The second kappa shape index (κ2) is 6.67. The second-order valence-electron chi connectivity index (χ2n) is 5.61. The Morgan fingerprint density at radius 2 is 2.38 bits per heavy atom. The first-order chi connectivity index (χ1) is 10.2. The number of hydrogen-bond acceptors (Lipinski definition) is 5. The highest BCUT2D eigenvalue weighted by atomic mass is 32.2. The van der Waals surface area contributed by atoms with Crippen molar-refractivity contribution >= 4 is 29.0 Å². The summed E-state index contributed by atoms with van der Waals surface area (Å²) in [5.41, 5.74) is 0.898. The number of amides is 1. The van der Waals surface area contributed by atoms with Crippen molar-refractivity contribution in [2.24, 2.45) is 0 Å². The topological polar surface area (TPSA) is 42.4 Å². The zero-order valence-electron chi connectivity index (χ0n) is 12.6. The molecule has 4 nitrogen and oxygen atoms in total. The molecule has 0 aliphatic carbocycles. The maximum Gasteiger partial charge on any atom is 0.266 e. The average Bonchev–Trinajstić information content (AvgIpc) is 2.87. The van der Waals surface area contributed by atoms with Gasteiger partial charge in [-0.15, -0.1) is 11.3 Å². The van der Waals surface area contributed by atoms with E-state index in [4.69, 9.17) is 4.74 Å². The van der Waals surface area contributed by atoms with E-state index in [1.165, 1.54) is 0 Å². The van der Waals surface area contributed by atoms with E-state index < -0.39 is 0 Å². The highest BCUT2D eigenvalue weighted by Gasteiger charge is 2.38. The fraction of sp³-hybridized carbons (Fsp3) is 0.733. The van der Waals surface area contributed by atoms with Crippen LogP contribution < -0.4 is 0 Å². The lowest BCUT2D eigenvalue weighted by Crippen LogP contribution is -2.54. The van der Waals surface area contributed by atoms with Gasteiger partial charge in [-0.1, -0.05) is 6.92 Å². The molecule has 2 aliphatic rings. The van der Waals surface area contributed by atoms with Gasteiger partial charge in [-0.05, 0) is 26.2 Å². The van der Waals surface area contributed by atoms with E-state index in [1.807, 2.05) is 18.7 Å². The van der Waals surface area contributed by atoms with Gasteiger partial charge in [0.1, 0.15) is 4.88 Å². The van der Waals surface area contributed by atoms with E-state index in [1.54, 1.807) is 11.3 Å². The molecule has 2 fully saturated rings. The van der Waals surface area contributed by atoms with Crippen LogP contribution in [-0.4, -0.2) is 52.6 Å². The Morgan fingerprint density at radius 3 is 3.19 bits per heavy atom. The Bertz CT molecular complexity index is 516. The predicted molar refractivity (Wildman–Crippen MR) is 87.4 cm³/mol. The van der Waals surface area contributed by atoms with E-state index in [0.717, 1.165) is 60.4 Å². The number of rotatable bonds is 3. The van der Waals surface area contributed by atoms with Gasteiger partial charge in [-0.2, -0.15) is 11.8 Å². The Kier molecular flexibility index (Phi) is 4.86. The fourth-order valence-electron chi connectivity index (χ4n) is 3.04. The van der Waals surface area contributed by atoms with Crippen molar-refractivity contribution in [1.82, 2.24) is 9.88 Å². The third-order valence-electron chi connectivity index (χ3n) is 4.09. The van der Waals surface area contributed by atoms with E-state index in [0.29, 0.717) is 11.3 Å². The van der Waals surface area contributed by atoms with Gasteiger partial charge in [0.05, 0.1) is 17.3 Å². The molecule has 2 saturated heterocycles. The summed E-state index contributed by atoms with van der Waals surface area (Å²) in [6.45, 7) is 6.51. The number of carbonyl (C=O) groups excluding carboxylic acids is 1. The van der Waals surface area contributed by atoms with Crippen LogP contribution in [0.1, 0.15) is 40.1 Å². The molecule has 3 heterocycles. The molecule has 0 spiro atoms. The molecule has 2 aliphatic heterocycles. The summed E-state index contributed by atoms with van der Waals surface area (Å²) < 4.78 is 5.56. The van der Waals surface area contributed by atoms with Gasteiger partial charge in [-0.25, -0.2) is 4.98 Å². The summed E-state index contributed by atoms with van der Waals surface area (Å²) in [5, 5.41) is 1.54. The van der Waals surface area contributed by atoms with Gasteiger partial charge in [0.2, 0.25) is 0 Å². The molecule has 0 bridgehead atoms. The Balaban J connectivity index is 1.80. The summed E-state index contributed by atoms with van der Waals surface area (Å²) in [6, 6.07) is 0.334. The van der Waals surface area contributed by atoms with Crippen molar-refractivity contribution in [3.63, 3.8) is 0 Å². The lowest BCUT2D eigenvalue weighted by molar-refractivity contribution is 0.0321. The van der Waals surface area contributed by atoms with Gasteiger partial charge in [0.15, 0.2) is 0 Å². The summed E-state index contributed by atoms with van der Waals surface area (Å²) in [6.07, 6.45) is 3.00. The molecular weight excluding hydrogens is 304 g/mol. The summed E-state index contributed by atoms with van der Waals surface area (Å²) in [5.74, 6) is 1.19. The molecule has 3 rings (SSSR count). The summed E-state index contributed by atoms with van der Waals surface area (Å²) >= 11 is 3.53. The molecule has 1 aromatic heterocycles. The van der Waals surface area contributed by atoms with E-state index >= 15 is 0 Å². The molecule has 2 atom stereocenters. The molecule has 21 heavy (non-hydrogen) atoms. The van der Waals surface area contributed by atoms with Gasteiger partial charge >= 0.3 is 0 Å². The Hall–Kier alpha value is -0.590. The monoisotopic (exact) mass is 326 g/mol. The number of ether oxygens (including phenoxy) is 1. The van der Waals surface area contributed by atoms with Crippen LogP contribution in [0, 0.1) is 6.92 Å². The Labute approximate surface area is 134 Å². The number of hydrogen-bond donors (Lipinski definition) is 0. The molecular formula is C15H22N2O2S2. The molecule has 6 heteroatoms. The predicted octanol–water partition coefficient (Wildman–Crippen LogP) is 2.75. The minimum absolute atomic E-state index is 0.185. The number of thioether (sulfide) groups is 1. The molecule has 0 saturated carbocycles. The smallest absolute Gasteiger partial charge is 0.266 e. The van der Waals surface area contributed by atoms with Crippen LogP contribution in [0.15, 0.2) is 0 Å². The van der Waals surface area contributed by atoms with Crippen molar-refractivity contribution in [1.29, 1.82) is 0 Å². The van der Waals surface area contributed by atoms with Crippen molar-refractivity contribution in [2.45, 2.75) is 44.4 Å². The number of carbonyl (C=O) groups is 1. The second-order valence-corrected chi connectivity index (χ2v) is 8.04. The van der Waals surface area contributed by atoms with E-state index in [2.05, 4.69) is 16.8 Å². The number of aryl methyl sites for hydroxylation is 2. The number of fused-ring (bicyclic) bond motifs is 1. The van der Waals surface area contributed by atoms with Crippen LogP contribution in [0.25, 0.3) is 0 Å². The maximum atomic E-state index is 12.9. The first-order valence-electron chi connectivity index (χ1n) is 7.67. The molecule has 116 valence electrons. The van der Waals surface area contributed by atoms with Crippen LogP contribution in [-0.2, 0) is 11.2 Å². The highest BCUT2D eigenvalue weighted by molar-refractivity contribution is 8.00. The van der Waals surface area contributed by atoms with E-state index in [9.17, 15) is 4.79 Å². The van der Waals surface area contributed by atoms with Crippen LogP contribution in [0.4, 0.5) is 0 Å². The zero-order valence-corrected chi connectivity index (χ0v) is 14.3. The molecule has 0 N–H and O–H groups in total. The largest absolute Gasteiger partial charge is 0.380 e. The van der Waals surface area contributed by atoms with Crippen LogP contribution in [0.3, 0.4) is 0 Å². The lowest BCUT2D eigenvalue weighted by Gasteiger charge is -2.43. The van der Waals surface area contributed by atoms with Gasteiger partial charge in [0.25, 0.3) is 5.91 Å². The lowest BCUT2D eigenvalue weighted by atomic mass is 10.1. The molecule has 1 amide bonds. The summed E-state index contributed by atoms with van der Waals surface area (Å²) in [7, 11) is 0. The molecule has 0 radical (unpaired) electrons. The Morgan fingerprint density at radius 1 is 1.52 bits per heavy atom. The minimum Gasteiger partial charge on any atom is -0.380 e. The van der Waals surface area contributed by atoms with Crippen molar-refractivity contribution in [3.05, 3.63) is 15.6 Å².